The number of hydrogen-bond donors (Lipinski definition) is 0. The lowest BCUT2D eigenvalue weighted by Crippen LogP contribution is -2.04. The Morgan fingerprint density at radius 2 is 1.20 bits per heavy atom. The average molecular weight is 593 g/mol. The summed E-state index contributed by atoms with van der Waals surface area (Å²) in [5, 5.41) is 7.18. The van der Waals surface area contributed by atoms with Gasteiger partial charge in [0, 0.05) is 49.3 Å². The van der Waals surface area contributed by atoms with Crippen LogP contribution in [0.4, 0.5) is 0 Å². The van der Waals surface area contributed by atoms with Crippen molar-refractivity contribution in [1.29, 1.82) is 0 Å². The van der Waals surface area contributed by atoms with Crippen molar-refractivity contribution >= 4 is 77.4 Å². The molecule has 0 radical (unpaired) electrons. The van der Waals surface area contributed by atoms with Gasteiger partial charge in [0.25, 0.3) is 0 Å². The van der Waals surface area contributed by atoms with Crippen molar-refractivity contribution in [2.45, 2.75) is 25.7 Å². The van der Waals surface area contributed by atoms with Crippen LogP contribution in [0.1, 0.15) is 35.4 Å². The number of allylic oxidation sites excluding steroid dienone is 2. The fourth-order valence-electron chi connectivity index (χ4n) is 8.31. The topological polar surface area (TPSA) is 36.1 Å². The molecule has 0 saturated carbocycles. The summed E-state index contributed by atoms with van der Waals surface area (Å²) in [6.07, 6.45) is 11.0. The van der Waals surface area contributed by atoms with Crippen molar-refractivity contribution < 1.29 is 8.83 Å². The minimum Gasteiger partial charge on any atom is -0.452 e. The smallest absolute Gasteiger partial charge is 0.178 e. The molecule has 0 atom stereocenters. The fraction of sp³-hybridized carbons (Fsp3) is 0.0952. The maximum Gasteiger partial charge on any atom is 0.178 e. The van der Waals surface area contributed by atoms with Crippen molar-refractivity contribution in [1.82, 2.24) is 9.13 Å². The quantitative estimate of drug-likeness (QED) is 0.200. The molecule has 4 heterocycles. The second-order valence-corrected chi connectivity index (χ2v) is 12.7. The van der Waals surface area contributed by atoms with Gasteiger partial charge in [0.2, 0.25) is 0 Å². The molecular weight excluding hydrogens is 564 g/mol. The molecule has 0 unspecified atom stereocenters. The molecule has 4 heteroatoms. The highest BCUT2D eigenvalue weighted by atomic mass is 16.4. The summed E-state index contributed by atoms with van der Waals surface area (Å²) in [7, 11) is 0. The lowest BCUT2D eigenvalue weighted by Gasteiger charge is -2.16. The Labute approximate surface area is 264 Å². The van der Waals surface area contributed by atoms with E-state index in [-0.39, 0.29) is 0 Å². The van der Waals surface area contributed by atoms with Crippen molar-refractivity contribution in [2.24, 2.45) is 0 Å². The van der Waals surface area contributed by atoms with Gasteiger partial charge in [-0.15, -0.1) is 0 Å². The molecule has 4 nitrogen and oxygen atoms in total. The van der Waals surface area contributed by atoms with Crippen LogP contribution in [0.5, 0.6) is 0 Å². The molecule has 0 fully saturated rings. The summed E-state index contributed by atoms with van der Waals surface area (Å²) in [5.41, 5.74) is 12.4. The zero-order chi connectivity index (χ0) is 29.9. The fourth-order valence-corrected chi connectivity index (χ4v) is 8.31. The number of para-hydroxylation sites is 3. The van der Waals surface area contributed by atoms with Crippen molar-refractivity contribution in [3.63, 3.8) is 0 Å². The molecule has 0 N–H and O–H groups in total. The second kappa shape index (κ2) is 8.92. The van der Waals surface area contributed by atoms with E-state index in [2.05, 4.69) is 130 Å². The summed E-state index contributed by atoms with van der Waals surface area (Å²) in [6, 6.07) is 37.2. The minimum absolute atomic E-state index is 0.819. The zero-order valence-electron chi connectivity index (χ0n) is 25.1. The van der Waals surface area contributed by atoms with Crippen molar-refractivity contribution in [3.05, 3.63) is 138 Å². The van der Waals surface area contributed by atoms with Crippen molar-refractivity contribution in [2.75, 3.05) is 0 Å². The van der Waals surface area contributed by atoms with Crippen LogP contribution in [0, 0.1) is 0 Å². The van der Waals surface area contributed by atoms with Gasteiger partial charge >= 0.3 is 0 Å². The first kappa shape index (κ1) is 24.6. The number of hydrogen-bond acceptors (Lipinski definition) is 2. The first-order valence-corrected chi connectivity index (χ1v) is 16.2. The molecule has 2 aliphatic rings. The van der Waals surface area contributed by atoms with E-state index in [0.29, 0.717) is 0 Å². The van der Waals surface area contributed by atoms with Gasteiger partial charge in [0.1, 0.15) is 5.58 Å². The molecule has 9 aromatic rings. The molecular formula is C42H28N2O2. The van der Waals surface area contributed by atoms with Gasteiger partial charge in [0.05, 0.1) is 22.2 Å². The molecule has 4 aromatic heterocycles. The number of rotatable bonds is 2. The van der Waals surface area contributed by atoms with Gasteiger partial charge < -0.3 is 18.0 Å². The predicted octanol–water partition coefficient (Wildman–Crippen LogP) is 11.2. The van der Waals surface area contributed by atoms with Gasteiger partial charge in [-0.1, -0.05) is 66.7 Å². The molecule has 0 saturated heterocycles. The van der Waals surface area contributed by atoms with E-state index in [1.807, 2.05) is 0 Å². The highest BCUT2D eigenvalue weighted by molar-refractivity contribution is 6.15. The van der Waals surface area contributed by atoms with E-state index in [1.165, 1.54) is 49.5 Å². The number of aryl methyl sites for hydroxylation is 2. The van der Waals surface area contributed by atoms with Crippen LogP contribution in [0.3, 0.4) is 0 Å². The minimum atomic E-state index is 0.819. The molecule has 0 bridgehead atoms. The van der Waals surface area contributed by atoms with Gasteiger partial charge in [-0.05, 0) is 85.9 Å². The maximum atomic E-state index is 6.90. The molecule has 5 aromatic carbocycles. The van der Waals surface area contributed by atoms with Crippen molar-refractivity contribution in [3.8, 4) is 5.69 Å². The van der Waals surface area contributed by atoms with Crippen LogP contribution in [0.25, 0.3) is 83.1 Å². The van der Waals surface area contributed by atoms with Crippen LogP contribution in [0.2, 0.25) is 0 Å². The summed E-state index contributed by atoms with van der Waals surface area (Å²) in [6.45, 7) is 0. The monoisotopic (exact) mass is 592 g/mol. The molecule has 218 valence electrons. The first-order chi connectivity index (χ1) is 22.8. The van der Waals surface area contributed by atoms with Crippen LogP contribution in [-0.4, -0.2) is 9.13 Å². The lowest BCUT2D eigenvalue weighted by atomic mass is 9.98. The van der Waals surface area contributed by atoms with Crippen LogP contribution in [0.15, 0.2) is 124 Å². The molecule has 11 rings (SSSR count). The molecule has 0 amide bonds. The van der Waals surface area contributed by atoms with E-state index in [1.54, 1.807) is 0 Å². The number of fused-ring (bicyclic) bond motifs is 13. The maximum absolute atomic E-state index is 6.90. The Morgan fingerprint density at radius 1 is 0.522 bits per heavy atom. The predicted molar refractivity (Wildman–Crippen MR) is 189 cm³/mol. The summed E-state index contributed by atoms with van der Waals surface area (Å²) < 4.78 is 18.3. The van der Waals surface area contributed by atoms with Gasteiger partial charge in [-0.2, -0.15) is 0 Å². The molecule has 46 heavy (non-hydrogen) atoms. The summed E-state index contributed by atoms with van der Waals surface area (Å²) in [5.74, 6) is 0.943. The van der Waals surface area contributed by atoms with E-state index in [0.717, 1.165) is 75.7 Å². The summed E-state index contributed by atoms with van der Waals surface area (Å²) in [4.78, 5) is 0. The van der Waals surface area contributed by atoms with Gasteiger partial charge in [0.15, 0.2) is 16.9 Å². The highest BCUT2D eigenvalue weighted by Gasteiger charge is 2.27. The number of benzene rings is 5. The summed E-state index contributed by atoms with van der Waals surface area (Å²) >= 11 is 0. The SMILES string of the molecule is C1=Cc2c(c3ccccc3n2-c2ccc3oc4c(ccc5c6c(oc54)C(n4c5ccccc5c5ccccc54)=CCC6)c3c2)CC1. The second-order valence-electron chi connectivity index (χ2n) is 12.7. The Kier molecular flexibility index (Phi) is 4.76. The van der Waals surface area contributed by atoms with Gasteiger partial charge in [-0.25, -0.2) is 0 Å². The van der Waals surface area contributed by atoms with Crippen LogP contribution < -0.4 is 0 Å². The Balaban J connectivity index is 1.13. The van der Waals surface area contributed by atoms with Crippen LogP contribution >= 0.6 is 0 Å². The highest BCUT2D eigenvalue weighted by Crippen LogP contribution is 2.44. The Bertz CT molecular complexity index is 2760. The number of aromatic nitrogens is 2. The Morgan fingerprint density at radius 3 is 2.00 bits per heavy atom. The van der Waals surface area contributed by atoms with Crippen LogP contribution in [-0.2, 0) is 12.8 Å². The van der Waals surface area contributed by atoms with E-state index >= 15 is 0 Å². The number of nitrogens with zero attached hydrogens (tertiary/aromatic N) is 2. The zero-order valence-corrected chi connectivity index (χ0v) is 25.1. The standard InChI is InChI=1S/C42H28N2O2/c1-5-15-34-26(10-1)27-11-2-6-16-35(27)43(34)25-20-23-39-33(24-25)32-22-21-31-30-14-9-19-38(40(30)46-42(31)41(32)45-39)44-36-17-7-3-12-28(36)29-13-4-8-18-37(29)44/h1,3-8,10,12-13,15-24H,2,9,11,14H2. The van der Waals surface area contributed by atoms with E-state index in [9.17, 15) is 0 Å². The van der Waals surface area contributed by atoms with E-state index in [4.69, 9.17) is 8.83 Å². The van der Waals surface area contributed by atoms with E-state index < -0.39 is 0 Å². The third-order valence-electron chi connectivity index (χ3n) is 10.3. The van der Waals surface area contributed by atoms with Gasteiger partial charge in [-0.3, -0.25) is 0 Å². The molecule has 2 aliphatic carbocycles. The third-order valence-corrected chi connectivity index (χ3v) is 10.3. The molecule has 0 spiro atoms. The lowest BCUT2D eigenvalue weighted by molar-refractivity contribution is 0.576. The largest absolute Gasteiger partial charge is 0.452 e. The molecule has 0 aliphatic heterocycles. The third kappa shape index (κ3) is 3.13. The number of furan rings is 2. The first-order valence-electron chi connectivity index (χ1n) is 16.2. The average Bonchev–Trinajstić information content (AvgIpc) is 3.86. The Hall–Kier alpha value is -5.74. The normalized spacial score (nSPS) is 14.7.